The van der Waals surface area contributed by atoms with E-state index in [1.165, 1.54) is 18.2 Å². The minimum atomic E-state index is -0.783. The van der Waals surface area contributed by atoms with E-state index in [9.17, 15) is 14.9 Å². The van der Waals surface area contributed by atoms with E-state index in [0.29, 0.717) is 16.4 Å². The van der Waals surface area contributed by atoms with E-state index in [4.69, 9.17) is 28.6 Å². The van der Waals surface area contributed by atoms with Crippen LogP contribution in [0, 0.1) is 10.1 Å². The molecule has 0 saturated heterocycles. The van der Waals surface area contributed by atoms with Gasteiger partial charge in [-0.2, -0.15) is 0 Å². The van der Waals surface area contributed by atoms with Crippen molar-refractivity contribution >= 4 is 46.3 Å². The van der Waals surface area contributed by atoms with Crippen LogP contribution in [-0.4, -0.2) is 22.6 Å². The van der Waals surface area contributed by atoms with Crippen LogP contribution < -0.4 is 10.2 Å². The van der Waals surface area contributed by atoms with Gasteiger partial charge in [-0.05, 0) is 44.3 Å². The first kappa shape index (κ1) is 20.8. The molecule has 150 valence electrons. The van der Waals surface area contributed by atoms with Gasteiger partial charge in [-0.15, -0.1) is 0 Å². The maximum atomic E-state index is 12.8. The number of halogens is 1. The number of nitro benzene ring substituents is 1. The van der Waals surface area contributed by atoms with Gasteiger partial charge in [0.05, 0.1) is 23.1 Å². The van der Waals surface area contributed by atoms with Gasteiger partial charge in [0.1, 0.15) is 0 Å². The fourth-order valence-electron chi connectivity index (χ4n) is 3.20. The average Bonchev–Trinajstić information content (AvgIpc) is 2.68. The van der Waals surface area contributed by atoms with Crippen LogP contribution in [0.4, 0.5) is 11.4 Å². The van der Waals surface area contributed by atoms with Gasteiger partial charge in [0.25, 0.3) is 5.69 Å². The molecule has 2 aromatic rings. The largest absolute Gasteiger partial charge is 0.463 e. The normalized spacial score (nSPS) is 16.4. The molecule has 1 N–H and O–H groups in total. The first-order valence-corrected chi connectivity index (χ1v) is 9.61. The number of non-ortho nitro benzene ring substituents is 1. The third kappa shape index (κ3) is 4.08. The molecule has 0 fully saturated rings. The van der Waals surface area contributed by atoms with E-state index >= 15 is 0 Å². The van der Waals surface area contributed by atoms with Crippen LogP contribution in [-0.2, 0) is 9.53 Å². The number of nitrogens with one attached hydrogen (secondary N) is 1. The molecule has 2 aromatic carbocycles. The van der Waals surface area contributed by atoms with E-state index in [2.05, 4.69) is 5.32 Å². The molecular formula is C20H18ClN3O4S. The Bertz CT molecular complexity index is 1010. The first-order chi connectivity index (χ1) is 13.8. The Hall–Kier alpha value is -2.97. The summed E-state index contributed by atoms with van der Waals surface area (Å²) in [4.78, 5) is 25.3. The molecule has 1 aliphatic heterocycles. The Labute approximate surface area is 178 Å². The zero-order valence-electron chi connectivity index (χ0n) is 15.7. The number of esters is 1. The molecular weight excluding hydrogens is 414 g/mol. The molecule has 3 rings (SSSR count). The van der Waals surface area contributed by atoms with Gasteiger partial charge in [-0.25, -0.2) is 4.79 Å². The van der Waals surface area contributed by atoms with E-state index in [-0.39, 0.29) is 22.9 Å². The van der Waals surface area contributed by atoms with Crippen LogP contribution in [0.25, 0.3) is 0 Å². The summed E-state index contributed by atoms with van der Waals surface area (Å²) in [5, 5.41) is 15.0. The second-order valence-corrected chi connectivity index (χ2v) is 7.03. The van der Waals surface area contributed by atoms with Crippen molar-refractivity contribution in [3.63, 3.8) is 0 Å². The number of anilines is 1. The molecule has 0 saturated carbocycles. The third-order valence-corrected chi connectivity index (χ3v) is 5.14. The standard InChI is InChI=1S/C20H18ClN3O4S/c1-3-28-19(25)17-12(2)23(13-7-5-4-6-8-13)20(29)22-18(17)15-11-14(24(26)27)9-10-16(15)21/h4-11,18H,3H2,1-2H3,(H,22,29). The predicted molar refractivity (Wildman–Crippen MR) is 115 cm³/mol. The van der Waals surface area contributed by atoms with Crippen molar-refractivity contribution in [1.82, 2.24) is 5.32 Å². The van der Waals surface area contributed by atoms with Crippen molar-refractivity contribution in [2.24, 2.45) is 0 Å². The number of carbonyl (C=O) groups excluding carboxylic acids is 1. The van der Waals surface area contributed by atoms with E-state index in [1.807, 2.05) is 30.3 Å². The molecule has 7 nitrogen and oxygen atoms in total. The molecule has 1 atom stereocenters. The lowest BCUT2D eigenvalue weighted by Crippen LogP contribution is -2.48. The topological polar surface area (TPSA) is 84.7 Å². The molecule has 9 heteroatoms. The fourth-order valence-corrected chi connectivity index (χ4v) is 3.79. The van der Waals surface area contributed by atoms with Crippen molar-refractivity contribution in [1.29, 1.82) is 0 Å². The van der Waals surface area contributed by atoms with Crippen molar-refractivity contribution in [3.8, 4) is 0 Å². The first-order valence-electron chi connectivity index (χ1n) is 8.82. The Morgan fingerprint density at radius 2 is 2.00 bits per heavy atom. The number of hydrogen-bond acceptors (Lipinski definition) is 5. The molecule has 1 heterocycles. The quantitative estimate of drug-likeness (QED) is 0.322. The third-order valence-electron chi connectivity index (χ3n) is 4.50. The van der Waals surface area contributed by atoms with Gasteiger partial charge in [0.2, 0.25) is 0 Å². The molecule has 1 aliphatic rings. The number of rotatable bonds is 5. The number of para-hydroxylation sites is 1. The minimum absolute atomic E-state index is 0.136. The van der Waals surface area contributed by atoms with Crippen molar-refractivity contribution in [2.75, 3.05) is 11.5 Å². The molecule has 29 heavy (non-hydrogen) atoms. The van der Waals surface area contributed by atoms with Crippen LogP contribution in [0.3, 0.4) is 0 Å². The number of allylic oxidation sites excluding steroid dienone is 1. The summed E-state index contributed by atoms with van der Waals surface area (Å²) < 4.78 is 5.26. The summed E-state index contributed by atoms with van der Waals surface area (Å²) in [5.41, 5.74) is 1.85. The van der Waals surface area contributed by atoms with Gasteiger partial charge in [-0.1, -0.05) is 29.8 Å². The highest BCUT2D eigenvalue weighted by molar-refractivity contribution is 7.80. The van der Waals surface area contributed by atoms with Gasteiger partial charge in [-0.3, -0.25) is 15.0 Å². The zero-order chi connectivity index (χ0) is 21.1. The van der Waals surface area contributed by atoms with Crippen molar-refractivity contribution in [2.45, 2.75) is 19.9 Å². The van der Waals surface area contributed by atoms with Gasteiger partial charge >= 0.3 is 5.97 Å². The number of ether oxygens (including phenoxy) is 1. The zero-order valence-corrected chi connectivity index (χ0v) is 17.3. The lowest BCUT2D eigenvalue weighted by atomic mass is 9.94. The summed E-state index contributed by atoms with van der Waals surface area (Å²) in [6.07, 6.45) is 0. The Morgan fingerprint density at radius 1 is 1.31 bits per heavy atom. The number of benzene rings is 2. The molecule has 0 spiro atoms. The van der Waals surface area contributed by atoms with Gasteiger partial charge in [0, 0.05) is 34.1 Å². The number of thiocarbonyl (C=S) groups is 1. The number of nitro groups is 1. The second kappa shape index (κ2) is 8.59. The predicted octanol–water partition coefficient (Wildman–Crippen LogP) is 4.52. The highest BCUT2D eigenvalue weighted by Crippen LogP contribution is 2.38. The number of carbonyl (C=O) groups is 1. The maximum Gasteiger partial charge on any atom is 0.338 e. The lowest BCUT2D eigenvalue weighted by molar-refractivity contribution is -0.384. The molecule has 0 radical (unpaired) electrons. The van der Waals surface area contributed by atoms with Gasteiger partial charge < -0.3 is 10.1 Å². The number of nitrogens with zero attached hydrogens (tertiary/aromatic N) is 2. The van der Waals surface area contributed by atoms with E-state index in [0.717, 1.165) is 5.69 Å². The Balaban J connectivity index is 2.19. The molecule has 0 aromatic heterocycles. The fraction of sp³-hybridized carbons (Fsp3) is 0.200. The monoisotopic (exact) mass is 431 g/mol. The summed E-state index contributed by atoms with van der Waals surface area (Å²) >= 11 is 11.9. The molecule has 0 aliphatic carbocycles. The van der Waals surface area contributed by atoms with Gasteiger partial charge in [0.15, 0.2) is 5.11 Å². The van der Waals surface area contributed by atoms with Crippen LogP contribution >= 0.6 is 23.8 Å². The summed E-state index contributed by atoms with van der Waals surface area (Å²) in [5.74, 6) is -0.548. The van der Waals surface area contributed by atoms with Crippen molar-refractivity contribution < 1.29 is 14.5 Å². The summed E-state index contributed by atoms with van der Waals surface area (Å²) in [6, 6.07) is 12.6. The lowest BCUT2D eigenvalue weighted by Gasteiger charge is -2.37. The highest BCUT2D eigenvalue weighted by Gasteiger charge is 2.36. The molecule has 0 amide bonds. The second-order valence-electron chi connectivity index (χ2n) is 6.24. The van der Waals surface area contributed by atoms with Crippen LogP contribution in [0.2, 0.25) is 5.02 Å². The van der Waals surface area contributed by atoms with Crippen LogP contribution in [0.15, 0.2) is 59.8 Å². The molecule has 0 bridgehead atoms. The van der Waals surface area contributed by atoms with Crippen molar-refractivity contribution in [3.05, 3.63) is 80.5 Å². The van der Waals surface area contributed by atoms with Crippen LogP contribution in [0.1, 0.15) is 25.5 Å². The SMILES string of the molecule is CCOC(=O)C1=C(C)N(c2ccccc2)C(=S)NC1c1cc([N+](=O)[O-])ccc1Cl. The van der Waals surface area contributed by atoms with E-state index < -0.39 is 16.9 Å². The molecule has 1 unspecified atom stereocenters. The van der Waals surface area contributed by atoms with E-state index in [1.54, 1.807) is 18.7 Å². The smallest absolute Gasteiger partial charge is 0.338 e. The summed E-state index contributed by atoms with van der Waals surface area (Å²) in [7, 11) is 0. The maximum absolute atomic E-state index is 12.8. The Morgan fingerprint density at radius 3 is 2.62 bits per heavy atom. The highest BCUT2D eigenvalue weighted by atomic mass is 35.5. The Kier molecular flexibility index (Phi) is 6.14. The average molecular weight is 432 g/mol. The number of hydrogen-bond donors (Lipinski definition) is 1. The summed E-state index contributed by atoms with van der Waals surface area (Å²) in [6.45, 7) is 3.64. The van der Waals surface area contributed by atoms with Crippen LogP contribution in [0.5, 0.6) is 0 Å². The minimum Gasteiger partial charge on any atom is -0.463 e.